The summed E-state index contributed by atoms with van der Waals surface area (Å²) in [5.74, 6) is -0.949. The molecule has 19 heavy (non-hydrogen) atoms. The number of carboxylic acid groups (broad SMARTS) is 1. The van der Waals surface area contributed by atoms with Crippen LogP contribution in [0.3, 0.4) is 0 Å². The van der Waals surface area contributed by atoms with Gasteiger partial charge in [-0.15, -0.1) is 0 Å². The van der Waals surface area contributed by atoms with Crippen LogP contribution >= 0.6 is 11.8 Å². The molecule has 1 aromatic heterocycles. The van der Waals surface area contributed by atoms with Crippen LogP contribution in [0.1, 0.15) is 44.5 Å². The molecule has 2 rings (SSSR count). The highest BCUT2D eigenvalue weighted by molar-refractivity contribution is 8.00. The standard InChI is InChI=1S/C14H19NO3S/c1-13(2)7-10(14(3,4)18-13)19-11-6-5-9(8-15-11)12(16)17/h5-6,8,10H,7H2,1-4H3,(H,16,17). The van der Waals surface area contributed by atoms with Crippen molar-refractivity contribution in [2.45, 2.75) is 55.6 Å². The molecule has 5 heteroatoms. The summed E-state index contributed by atoms with van der Waals surface area (Å²) in [6.45, 7) is 8.36. The van der Waals surface area contributed by atoms with Gasteiger partial charge in [0.2, 0.25) is 0 Å². The Hall–Kier alpha value is -1.07. The minimum absolute atomic E-state index is 0.123. The van der Waals surface area contributed by atoms with Gasteiger partial charge < -0.3 is 9.84 Å². The molecule has 0 saturated carbocycles. The molecule has 1 aliphatic rings. The van der Waals surface area contributed by atoms with Crippen LogP contribution in [0.15, 0.2) is 23.4 Å². The first-order valence-corrected chi connectivity index (χ1v) is 7.14. The third-order valence-corrected chi connectivity index (χ3v) is 4.74. The molecule has 0 aliphatic carbocycles. The Bertz CT molecular complexity index is 482. The lowest BCUT2D eigenvalue weighted by molar-refractivity contribution is -0.0631. The molecule has 1 N–H and O–H groups in total. The maximum absolute atomic E-state index is 10.8. The molecule has 1 aromatic rings. The van der Waals surface area contributed by atoms with E-state index >= 15 is 0 Å². The highest BCUT2D eigenvalue weighted by atomic mass is 32.2. The third kappa shape index (κ3) is 3.28. The lowest BCUT2D eigenvalue weighted by Gasteiger charge is -2.26. The molecule has 0 radical (unpaired) electrons. The van der Waals surface area contributed by atoms with Crippen molar-refractivity contribution in [1.29, 1.82) is 0 Å². The van der Waals surface area contributed by atoms with Gasteiger partial charge in [-0.2, -0.15) is 0 Å². The van der Waals surface area contributed by atoms with Crippen molar-refractivity contribution in [2.24, 2.45) is 0 Å². The minimum atomic E-state index is -0.949. The molecule has 0 spiro atoms. The van der Waals surface area contributed by atoms with Gasteiger partial charge in [-0.05, 0) is 46.2 Å². The summed E-state index contributed by atoms with van der Waals surface area (Å²) < 4.78 is 6.04. The monoisotopic (exact) mass is 281 g/mol. The lowest BCUT2D eigenvalue weighted by Crippen LogP contribution is -2.31. The number of aromatic carboxylic acids is 1. The smallest absolute Gasteiger partial charge is 0.337 e. The number of pyridine rings is 1. The molecule has 1 atom stereocenters. The second kappa shape index (κ2) is 4.80. The van der Waals surface area contributed by atoms with Crippen molar-refractivity contribution in [3.63, 3.8) is 0 Å². The van der Waals surface area contributed by atoms with Gasteiger partial charge in [-0.1, -0.05) is 11.8 Å². The molecule has 1 fully saturated rings. The van der Waals surface area contributed by atoms with Crippen LogP contribution in [0.4, 0.5) is 0 Å². The largest absolute Gasteiger partial charge is 0.478 e. The Balaban J connectivity index is 2.11. The van der Waals surface area contributed by atoms with E-state index in [9.17, 15) is 4.79 Å². The van der Waals surface area contributed by atoms with Crippen molar-refractivity contribution >= 4 is 17.7 Å². The highest BCUT2D eigenvalue weighted by Gasteiger charge is 2.46. The number of hydrogen-bond acceptors (Lipinski definition) is 4. The molecule has 0 amide bonds. The first kappa shape index (κ1) is 14.3. The fraction of sp³-hybridized carbons (Fsp3) is 0.571. The third-order valence-electron chi connectivity index (χ3n) is 3.24. The zero-order valence-corrected chi connectivity index (χ0v) is 12.5. The van der Waals surface area contributed by atoms with Gasteiger partial charge in [0.15, 0.2) is 0 Å². The molecule has 4 nitrogen and oxygen atoms in total. The number of thioether (sulfide) groups is 1. The van der Waals surface area contributed by atoms with E-state index in [1.54, 1.807) is 23.9 Å². The Labute approximate surface area is 117 Å². The van der Waals surface area contributed by atoms with E-state index in [1.807, 2.05) is 0 Å². The fourth-order valence-corrected chi connectivity index (χ4v) is 3.79. The predicted octanol–water partition coefficient (Wildman–Crippen LogP) is 3.22. The van der Waals surface area contributed by atoms with Gasteiger partial charge in [0.1, 0.15) is 0 Å². The number of aromatic nitrogens is 1. The normalized spacial score (nSPS) is 24.3. The number of rotatable bonds is 3. The van der Waals surface area contributed by atoms with Gasteiger partial charge in [-0.3, -0.25) is 0 Å². The van der Waals surface area contributed by atoms with E-state index in [1.165, 1.54) is 6.20 Å². The van der Waals surface area contributed by atoms with Crippen molar-refractivity contribution in [2.75, 3.05) is 0 Å². The maximum atomic E-state index is 10.8. The first-order chi connectivity index (χ1) is 8.70. The average molecular weight is 281 g/mol. The van der Waals surface area contributed by atoms with Crippen LogP contribution < -0.4 is 0 Å². The summed E-state index contributed by atoms with van der Waals surface area (Å²) in [6.07, 6.45) is 2.35. The second-order valence-electron chi connectivity index (χ2n) is 5.97. The number of ether oxygens (including phenoxy) is 1. The second-order valence-corrected chi connectivity index (χ2v) is 7.19. The van der Waals surface area contributed by atoms with Crippen LogP contribution in [0.5, 0.6) is 0 Å². The van der Waals surface area contributed by atoms with Crippen molar-refractivity contribution in [1.82, 2.24) is 4.98 Å². The highest BCUT2D eigenvalue weighted by Crippen LogP contribution is 2.45. The molecule has 2 heterocycles. The Morgan fingerprint density at radius 2 is 2.11 bits per heavy atom. The Kier molecular flexibility index (Phi) is 3.62. The van der Waals surface area contributed by atoms with E-state index in [0.29, 0.717) is 5.25 Å². The summed E-state index contributed by atoms with van der Waals surface area (Å²) in [6, 6.07) is 3.35. The molecule has 1 unspecified atom stereocenters. The van der Waals surface area contributed by atoms with E-state index in [0.717, 1.165) is 11.4 Å². The molecule has 1 saturated heterocycles. The summed E-state index contributed by atoms with van der Waals surface area (Å²) in [7, 11) is 0. The molecular weight excluding hydrogens is 262 g/mol. The minimum Gasteiger partial charge on any atom is -0.478 e. The molecular formula is C14H19NO3S. The molecule has 104 valence electrons. The van der Waals surface area contributed by atoms with E-state index in [4.69, 9.17) is 9.84 Å². The Morgan fingerprint density at radius 3 is 2.53 bits per heavy atom. The fourth-order valence-electron chi connectivity index (χ4n) is 2.42. The lowest BCUT2D eigenvalue weighted by atomic mass is 10.0. The van der Waals surface area contributed by atoms with Crippen LogP contribution in [-0.4, -0.2) is 32.5 Å². The van der Waals surface area contributed by atoms with Crippen molar-refractivity contribution in [3.8, 4) is 0 Å². The Morgan fingerprint density at radius 1 is 1.42 bits per heavy atom. The van der Waals surface area contributed by atoms with Gasteiger partial charge in [0, 0.05) is 11.4 Å². The van der Waals surface area contributed by atoms with E-state index in [2.05, 4.69) is 32.7 Å². The summed E-state index contributed by atoms with van der Waals surface area (Å²) in [5.41, 5.74) is -0.115. The number of carbonyl (C=O) groups is 1. The van der Waals surface area contributed by atoms with Gasteiger partial charge >= 0.3 is 5.97 Å². The van der Waals surface area contributed by atoms with Crippen LogP contribution in [-0.2, 0) is 4.74 Å². The van der Waals surface area contributed by atoms with Crippen molar-refractivity contribution in [3.05, 3.63) is 23.9 Å². The zero-order chi connectivity index (χ0) is 14.3. The van der Waals surface area contributed by atoms with Gasteiger partial charge in [-0.25, -0.2) is 9.78 Å². The van der Waals surface area contributed by atoms with E-state index < -0.39 is 5.97 Å². The quantitative estimate of drug-likeness (QED) is 0.921. The SMILES string of the molecule is CC1(C)CC(Sc2ccc(C(=O)O)cn2)C(C)(C)O1. The molecule has 0 aromatic carbocycles. The molecule has 0 bridgehead atoms. The summed E-state index contributed by atoms with van der Waals surface area (Å²) in [5, 5.41) is 9.99. The summed E-state index contributed by atoms with van der Waals surface area (Å²) in [4.78, 5) is 15.0. The zero-order valence-electron chi connectivity index (χ0n) is 11.6. The van der Waals surface area contributed by atoms with Crippen LogP contribution in [0, 0.1) is 0 Å². The number of carboxylic acids is 1. The predicted molar refractivity (Wildman–Crippen MR) is 74.7 cm³/mol. The molecule has 1 aliphatic heterocycles. The topological polar surface area (TPSA) is 59.4 Å². The number of nitrogens with zero attached hydrogens (tertiary/aromatic N) is 1. The van der Waals surface area contributed by atoms with Gasteiger partial charge in [0.05, 0.1) is 21.8 Å². The van der Waals surface area contributed by atoms with Crippen LogP contribution in [0.2, 0.25) is 0 Å². The average Bonchev–Trinajstić information content (AvgIpc) is 2.47. The maximum Gasteiger partial charge on any atom is 0.337 e. The van der Waals surface area contributed by atoms with Crippen LogP contribution in [0.25, 0.3) is 0 Å². The van der Waals surface area contributed by atoms with E-state index in [-0.39, 0.29) is 16.8 Å². The number of hydrogen-bond donors (Lipinski definition) is 1. The first-order valence-electron chi connectivity index (χ1n) is 6.26. The summed E-state index contributed by atoms with van der Waals surface area (Å²) >= 11 is 1.65. The van der Waals surface area contributed by atoms with Gasteiger partial charge in [0.25, 0.3) is 0 Å². The van der Waals surface area contributed by atoms with Crippen molar-refractivity contribution < 1.29 is 14.6 Å².